The van der Waals surface area contributed by atoms with Crippen LogP contribution in [0.3, 0.4) is 0 Å². The summed E-state index contributed by atoms with van der Waals surface area (Å²) < 4.78 is 28.1. The molecule has 0 spiro atoms. The molecular formula is C8H19IN2O2S. The van der Waals surface area contributed by atoms with Gasteiger partial charge >= 0.3 is 0 Å². The lowest BCUT2D eigenvalue weighted by atomic mass is 10.3. The molecule has 1 N–H and O–H groups in total. The van der Waals surface area contributed by atoms with Crippen LogP contribution in [0, 0.1) is 0 Å². The van der Waals surface area contributed by atoms with Gasteiger partial charge in [0, 0.05) is 19.6 Å². The van der Waals surface area contributed by atoms with E-state index < -0.39 is 10.2 Å². The van der Waals surface area contributed by atoms with Crippen molar-refractivity contribution in [2.75, 3.05) is 18.0 Å². The van der Waals surface area contributed by atoms with E-state index in [1.54, 1.807) is 7.05 Å². The quantitative estimate of drug-likeness (QED) is 0.434. The lowest BCUT2D eigenvalue weighted by Crippen LogP contribution is -2.42. The molecule has 0 atom stereocenters. The van der Waals surface area contributed by atoms with Crippen LogP contribution in [-0.4, -0.2) is 36.8 Å². The maximum absolute atomic E-state index is 11.5. The van der Waals surface area contributed by atoms with Gasteiger partial charge in [0.05, 0.1) is 0 Å². The summed E-state index contributed by atoms with van der Waals surface area (Å²) in [7, 11) is -1.67. The van der Waals surface area contributed by atoms with Gasteiger partial charge in [0.2, 0.25) is 0 Å². The fourth-order valence-electron chi connectivity index (χ4n) is 0.800. The maximum Gasteiger partial charge on any atom is 0.279 e. The van der Waals surface area contributed by atoms with Gasteiger partial charge in [-0.1, -0.05) is 22.6 Å². The molecule has 0 aromatic rings. The first-order valence-electron chi connectivity index (χ1n) is 4.70. The Morgan fingerprint density at radius 2 is 1.93 bits per heavy atom. The fraction of sp³-hybridized carbons (Fsp3) is 1.00. The molecule has 0 unspecified atom stereocenters. The average molecular weight is 334 g/mol. The summed E-state index contributed by atoms with van der Waals surface area (Å²) in [6.45, 7) is 4.23. The summed E-state index contributed by atoms with van der Waals surface area (Å²) in [5, 5.41) is 0. The summed E-state index contributed by atoms with van der Waals surface area (Å²) >= 11 is 2.28. The summed E-state index contributed by atoms with van der Waals surface area (Å²) in [6.07, 6.45) is 1.95. The number of unbranched alkanes of at least 4 members (excludes halogenated alkanes) is 1. The normalized spacial score (nSPS) is 12.7. The minimum absolute atomic E-state index is 0.00271. The van der Waals surface area contributed by atoms with Crippen molar-refractivity contribution < 1.29 is 8.42 Å². The van der Waals surface area contributed by atoms with Gasteiger partial charge in [0.25, 0.3) is 10.2 Å². The molecule has 14 heavy (non-hydrogen) atoms. The SMILES string of the molecule is CC(C)N(C)S(=O)(=O)NCCCCI. The lowest BCUT2D eigenvalue weighted by Gasteiger charge is -2.21. The average Bonchev–Trinajstić information content (AvgIpc) is 2.11. The van der Waals surface area contributed by atoms with Crippen LogP contribution in [0.1, 0.15) is 26.7 Å². The molecule has 0 bridgehead atoms. The van der Waals surface area contributed by atoms with Gasteiger partial charge in [-0.05, 0) is 31.1 Å². The van der Waals surface area contributed by atoms with Crippen LogP contribution < -0.4 is 4.72 Å². The van der Waals surface area contributed by atoms with Crippen molar-refractivity contribution in [3.05, 3.63) is 0 Å². The Balaban J connectivity index is 3.96. The minimum Gasteiger partial charge on any atom is -0.202 e. The molecule has 86 valence electrons. The number of alkyl halides is 1. The summed E-state index contributed by atoms with van der Waals surface area (Å²) in [5.41, 5.74) is 0. The van der Waals surface area contributed by atoms with Gasteiger partial charge in [-0.15, -0.1) is 0 Å². The highest BCUT2D eigenvalue weighted by Crippen LogP contribution is 2.01. The number of halogens is 1. The Hall–Kier alpha value is 0.600. The second-order valence-corrected chi connectivity index (χ2v) is 6.30. The zero-order valence-electron chi connectivity index (χ0n) is 8.96. The standard InChI is InChI=1S/C8H19IN2O2S/c1-8(2)11(3)14(12,13)10-7-5-4-6-9/h8,10H,4-7H2,1-3H3. The monoisotopic (exact) mass is 334 g/mol. The first-order valence-corrected chi connectivity index (χ1v) is 7.67. The molecule has 0 aromatic heterocycles. The van der Waals surface area contributed by atoms with Crippen molar-refractivity contribution in [2.45, 2.75) is 32.7 Å². The number of hydrogen-bond donors (Lipinski definition) is 1. The molecule has 0 rings (SSSR count). The molecule has 0 saturated heterocycles. The van der Waals surface area contributed by atoms with Crippen molar-refractivity contribution in [2.24, 2.45) is 0 Å². The second-order valence-electron chi connectivity index (χ2n) is 3.41. The van der Waals surface area contributed by atoms with E-state index in [9.17, 15) is 8.42 Å². The third-order valence-corrected chi connectivity index (χ3v) is 4.46. The van der Waals surface area contributed by atoms with E-state index in [1.165, 1.54) is 4.31 Å². The van der Waals surface area contributed by atoms with Crippen LogP contribution in [0.5, 0.6) is 0 Å². The number of hydrogen-bond acceptors (Lipinski definition) is 2. The molecule has 0 aliphatic carbocycles. The summed E-state index contributed by atoms with van der Waals surface area (Å²) in [5.74, 6) is 0. The molecule has 0 fully saturated rings. The zero-order chi connectivity index (χ0) is 11.2. The molecular weight excluding hydrogens is 315 g/mol. The molecule has 0 aromatic carbocycles. The van der Waals surface area contributed by atoms with E-state index in [-0.39, 0.29) is 6.04 Å². The molecule has 4 nitrogen and oxygen atoms in total. The molecule has 0 saturated carbocycles. The van der Waals surface area contributed by atoms with Crippen molar-refractivity contribution in [1.29, 1.82) is 0 Å². The Bertz CT molecular complexity index is 242. The van der Waals surface area contributed by atoms with E-state index in [4.69, 9.17) is 0 Å². The van der Waals surface area contributed by atoms with Crippen LogP contribution in [-0.2, 0) is 10.2 Å². The second kappa shape index (κ2) is 6.97. The highest BCUT2D eigenvalue weighted by molar-refractivity contribution is 14.1. The predicted molar refractivity (Wildman–Crippen MR) is 67.9 cm³/mol. The van der Waals surface area contributed by atoms with Crippen molar-refractivity contribution in [3.8, 4) is 0 Å². The summed E-state index contributed by atoms with van der Waals surface area (Å²) in [4.78, 5) is 0. The number of rotatable bonds is 7. The first kappa shape index (κ1) is 14.6. The predicted octanol–water partition coefficient (Wildman–Crippen LogP) is 1.38. The molecule has 6 heteroatoms. The highest BCUT2D eigenvalue weighted by Gasteiger charge is 2.18. The zero-order valence-corrected chi connectivity index (χ0v) is 11.9. The Kier molecular flexibility index (Phi) is 7.27. The van der Waals surface area contributed by atoms with Gasteiger partial charge in [0.15, 0.2) is 0 Å². The molecule has 0 aliphatic heterocycles. The van der Waals surface area contributed by atoms with Gasteiger partial charge in [0.1, 0.15) is 0 Å². The smallest absolute Gasteiger partial charge is 0.202 e. The maximum atomic E-state index is 11.5. The number of nitrogens with one attached hydrogen (secondary N) is 1. The van der Waals surface area contributed by atoms with E-state index in [2.05, 4.69) is 27.3 Å². The molecule has 0 aliphatic rings. The Morgan fingerprint density at radius 3 is 2.36 bits per heavy atom. The Labute approximate surface area is 101 Å². The van der Waals surface area contributed by atoms with Crippen molar-refractivity contribution >= 4 is 32.8 Å². The van der Waals surface area contributed by atoms with E-state index in [0.29, 0.717) is 6.54 Å². The lowest BCUT2D eigenvalue weighted by molar-refractivity contribution is 0.402. The van der Waals surface area contributed by atoms with Gasteiger partial charge in [-0.25, -0.2) is 4.72 Å². The Morgan fingerprint density at radius 1 is 1.36 bits per heavy atom. The van der Waals surface area contributed by atoms with Gasteiger partial charge < -0.3 is 0 Å². The van der Waals surface area contributed by atoms with Crippen LogP contribution in [0.25, 0.3) is 0 Å². The number of nitrogens with zero attached hydrogens (tertiary/aromatic N) is 1. The van der Waals surface area contributed by atoms with E-state index in [1.807, 2.05) is 13.8 Å². The molecule has 0 radical (unpaired) electrons. The van der Waals surface area contributed by atoms with Gasteiger partial charge in [-0.3, -0.25) is 0 Å². The van der Waals surface area contributed by atoms with Gasteiger partial charge in [-0.2, -0.15) is 12.7 Å². The van der Waals surface area contributed by atoms with E-state index >= 15 is 0 Å². The van der Waals surface area contributed by atoms with Crippen LogP contribution in [0.15, 0.2) is 0 Å². The van der Waals surface area contributed by atoms with Crippen LogP contribution >= 0.6 is 22.6 Å². The fourth-order valence-corrected chi connectivity index (χ4v) is 2.50. The molecule has 0 amide bonds. The largest absolute Gasteiger partial charge is 0.279 e. The van der Waals surface area contributed by atoms with Crippen molar-refractivity contribution in [1.82, 2.24) is 9.03 Å². The van der Waals surface area contributed by atoms with Crippen LogP contribution in [0.4, 0.5) is 0 Å². The third-order valence-electron chi connectivity index (χ3n) is 1.95. The highest BCUT2D eigenvalue weighted by atomic mass is 127. The third kappa shape index (κ3) is 5.47. The van der Waals surface area contributed by atoms with Crippen molar-refractivity contribution in [3.63, 3.8) is 0 Å². The van der Waals surface area contributed by atoms with Crippen LogP contribution in [0.2, 0.25) is 0 Å². The minimum atomic E-state index is -3.26. The van der Waals surface area contributed by atoms with E-state index in [0.717, 1.165) is 17.3 Å². The molecule has 0 heterocycles. The first-order chi connectivity index (χ1) is 6.41. The summed E-state index contributed by atoms with van der Waals surface area (Å²) in [6, 6.07) is -0.00271. The topological polar surface area (TPSA) is 49.4 Å².